The molecule has 1 aromatic heterocycles. The second-order valence-electron chi connectivity index (χ2n) is 8.36. The lowest BCUT2D eigenvalue weighted by atomic mass is 10.1. The summed E-state index contributed by atoms with van der Waals surface area (Å²) in [7, 11) is -3.70. The Morgan fingerprint density at radius 1 is 1.12 bits per heavy atom. The van der Waals surface area contributed by atoms with Crippen LogP contribution in [-0.4, -0.2) is 61.2 Å². The largest absolute Gasteiger partial charge is 0.348 e. The molecule has 0 radical (unpaired) electrons. The molecule has 1 N–H and O–H groups in total. The summed E-state index contributed by atoms with van der Waals surface area (Å²) in [5.74, 6) is -0.476. The van der Waals surface area contributed by atoms with Crippen LogP contribution in [0.5, 0.6) is 0 Å². The molecule has 1 atom stereocenters. The van der Waals surface area contributed by atoms with Gasteiger partial charge < -0.3 is 5.32 Å². The minimum atomic E-state index is -3.70. The van der Waals surface area contributed by atoms with Crippen molar-refractivity contribution in [1.82, 2.24) is 19.5 Å². The first-order valence-electron chi connectivity index (χ1n) is 10.9. The van der Waals surface area contributed by atoms with Crippen LogP contribution in [0.2, 0.25) is 0 Å². The molecular formula is C24H27FN4O3S. The molecule has 1 fully saturated rings. The summed E-state index contributed by atoms with van der Waals surface area (Å²) in [5.41, 5.74) is 2.26. The molecule has 174 valence electrons. The van der Waals surface area contributed by atoms with E-state index in [0.717, 1.165) is 16.5 Å². The second-order valence-corrected chi connectivity index (χ2v) is 10.3. The van der Waals surface area contributed by atoms with E-state index in [4.69, 9.17) is 0 Å². The van der Waals surface area contributed by atoms with Crippen molar-refractivity contribution < 1.29 is 17.6 Å². The highest BCUT2D eigenvalue weighted by Gasteiger charge is 2.30. The fourth-order valence-electron chi connectivity index (χ4n) is 4.04. The third-order valence-corrected chi connectivity index (χ3v) is 7.80. The molecule has 9 heteroatoms. The Morgan fingerprint density at radius 3 is 2.52 bits per heavy atom. The van der Waals surface area contributed by atoms with Gasteiger partial charge in [-0.15, -0.1) is 0 Å². The third-order valence-electron chi connectivity index (χ3n) is 5.87. The lowest BCUT2D eigenvalue weighted by Crippen LogP contribution is -2.51. The van der Waals surface area contributed by atoms with Gasteiger partial charge in [-0.2, -0.15) is 4.31 Å². The maximum absolute atomic E-state index is 13.3. The van der Waals surface area contributed by atoms with Crippen LogP contribution in [0.3, 0.4) is 0 Å². The van der Waals surface area contributed by atoms with Gasteiger partial charge in [-0.05, 0) is 49.2 Å². The Labute approximate surface area is 193 Å². The lowest BCUT2D eigenvalue weighted by Gasteiger charge is -2.33. The van der Waals surface area contributed by atoms with E-state index in [-0.39, 0.29) is 29.2 Å². The van der Waals surface area contributed by atoms with Crippen molar-refractivity contribution in [2.75, 3.05) is 32.7 Å². The maximum atomic E-state index is 13.3. The zero-order chi connectivity index (χ0) is 23.6. The first kappa shape index (κ1) is 23.3. The molecule has 1 saturated heterocycles. The monoisotopic (exact) mass is 470 g/mol. The Bertz CT molecular complexity index is 1260. The van der Waals surface area contributed by atoms with E-state index in [1.54, 1.807) is 30.5 Å². The number of nitrogens with one attached hydrogen (secondary N) is 1. The average molecular weight is 471 g/mol. The summed E-state index contributed by atoms with van der Waals surface area (Å²) < 4.78 is 41.2. The van der Waals surface area contributed by atoms with Crippen LogP contribution >= 0.6 is 0 Å². The fourth-order valence-corrected chi connectivity index (χ4v) is 5.63. The van der Waals surface area contributed by atoms with Crippen molar-refractivity contribution in [2.24, 2.45) is 0 Å². The van der Waals surface area contributed by atoms with Gasteiger partial charge in [0.15, 0.2) is 0 Å². The first-order valence-corrected chi connectivity index (χ1v) is 12.3. The fraction of sp³-hybridized carbons (Fsp3) is 0.333. The summed E-state index contributed by atoms with van der Waals surface area (Å²) in [6, 6.07) is 12.9. The predicted octanol–water partition coefficient (Wildman–Crippen LogP) is 2.87. The van der Waals surface area contributed by atoms with Gasteiger partial charge >= 0.3 is 0 Å². The number of aryl methyl sites for hydroxylation is 1. The van der Waals surface area contributed by atoms with Crippen molar-refractivity contribution in [3.05, 3.63) is 71.7 Å². The van der Waals surface area contributed by atoms with Crippen molar-refractivity contribution in [2.45, 2.75) is 24.8 Å². The van der Waals surface area contributed by atoms with Gasteiger partial charge in [0, 0.05) is 37.8 Å². The van der Waals surface area contributed by atoms with E-state index in [2.05, 4.69) is 10.3 Å². The van der Waals surface area contributed by atoms with Gasteiger partial charge in [0.2, 0.25) is 15.9 Å². The highest BCUT2D eigenvalue weighted by atomic mass is 32.2. The number of piperazine rings is 1. The molecule has 1 aliphatic rings. The number of hydrogen-bond donors (Lipinski definition) is 1. The van der Waals surface area contributed by atoms with Gasteiger partial charge in [0.25, 0.3) is 0 Å². The molecule has 0 spiro atoms. The summed E-state index contributed by atoms with van der Waals surface area (Å²) in [4.78, 5) is 19.0. The number of hydrogen-bond acceptors (Lipinski definition) is 5. The molecule has 1 amide bonds. The zero-order valence-electron chi connectivity index (χ0n) is 18.7. The lowest BCUT2D eigenvalue weighted by molar-refractivity contribution is -0.123. The highest BCUT2D eigenvalue weighted by molar-refractivity contribution is 7.89. The van der Waals surface area contributed by atoms with Crippen LogP contribution in [-0.2, 0) is 14.8 Å². The van der Waals surface area contributed by atoms with Crippen LogP contribution in [0.15, 0.2) is 59.6 Å². The van der Waals surface area contributed by atoms with E-state index in [1.807, 2.05) is 30.9 Å². The van der Waals surface area contributed by atoms with Crippen LogP contribution in [0.4, 0.5) is 4.39 Å². The molecular weight excluding hydrogens is 443 g/mol. The van der Waals surface area contributed by atoms with Crippen LogP contribution < -0.4 is 5.32 Å². The minimum absolute atomic E-state index is 0.156. The number of carbonyl (C=O) groups is 1. The molecule has 2 aromatic carbocycles. The molecule has 0 bridgehead atoms. The Hall–Kier alpha value is -2.88. The summed E-state index contributed by atoms with van der Waals surface area (Å²) >= 11 is 0. The van der Waals surface area contributed by atoms with Gasteiger partial charge in [0.05, 0.1) is 18.1 Å². The van der Waals surface area contributed by atoms with Crippen molar-refractivity contribution in [3.8, 4) is 0 Å². The number of nitrogens with zero attached hydrogens (tertiary/aromatic N) is 3. The molecule has 7 nitrogen and oxygen atoms in total. The number of para-hydroxylation sites is 1. The standard InChI is InChI=1S/C24H27FN4O3S/c1-17-14-20-4-3-5-22(24(20)26-15-17)33(31,32)29-12-10-28(11-13-29)16-23(30)27-18(2)19-6-8-21(25)9-7-19/h3-9,14-15,18H,10-13,16H2,1-2H3,(H,27,30). The van der Waals surface area contributed by atoms with Crippen molar-refractivity contribution in [1.29, 1.82) is 0 Å². The topological polar surface area (TPSA) is 82.6 Å². The van der Waals surface area contributed by atoms with E-state index >= 15 is 0 Å². The SMILES string of the molecule is Cc1cnc2c(S(=O)(=O)N3CCN(CC(=O)NC(C)c4ccc(F)cc4)CC3)cccc2c1. The van der Waals surface area contributed by atoms with Gasteiger partial charge in [0.1, 0.15) is 10.7 Å². The minimum Gasteiger partial charge on any atom is -0.348 e. The smallest absolute Gasteiger partial charge is 0.245 e. The number of amides is 1. The Morgan fingerprint density at radius 2 is 1.82 bits per heavy atom. The number of pyridine rings is 1. The summed E-state index contributed by atoms with van der Waals surface area (Å²) in [5, 5.41) is 3.70. The van der Waals surface area contributed by atoms with Crippen molar-refractivity contribution in [3.63, 3.8) is 0 Å². The number of rotatable bonds is 6. The van der Waals surface area contributed by atoms with Crippen molar-refractivity contribution >= 4 is 26.8 Å². The van der Waals surface area contributed by atoms with Crippen LogP contribution in [0, 0.1) is 12.7 Å². The molecule has 1 unspecified atom stereocenters. The Kier molecular flexibility index (Phi) is 6.73. The molecule has 0 aliphatic carbocycles. The highest BCUT2D eigenvalue weighted by Crippen LogP contribution is 2.25. The number of fused-ring (bicyclic) bond motifs is 1. The van der Waals surface area contributed by atoms with Crippen LogP contribution in [0.25, 0.3) is 10.9 Å². The first-order chi connectivity index (χ1) is 15.7. The van der Waals surface area contributed by atoms with E-state index < -0.39 is 10.0 Å². The van der Waals surface area contributed by atoms with E-state index in [9.17, 15) is 17.6 Å². The normalized spacial score (nSPS) is 16.6. The van der Waals surface area contributed by atoms with Gasteiger partial charge in [-0.3, -0.25) is 14.7 Å². The van der Waals surface area contributed by atoms with Gasteiger partial charge in [-0.1, -0.05) is 24.3 Å². The third kappa shape index (κ3) is 5.21. The Balaban J connectivity index is 1.36. The average Bonchev–Trinajstić information content (AvgIpc) is 2.79. The molecule has 1 aliphatic heterocycles. The second kappa shape index (κ2) is 9.54. The summed E-state index contributed by atoms with van der Waals surface area (Å²) in [6.07, 6.45) is 1.67. The molecule has 0 saturated carbocycles. The van der Waals surface area contributed by atoms with E-state index in [1.165, 1.54) is 16.4 Å². The van der Waals surface area contributed by atoms with Crippen LogP contribution in [0.1, 0.15) is 24.1 Å². The number of carbonyl (C=O) groups excluding carboxylic acids is 1. The number of halogens is 1. The zero-order valence-corrected chi connectivity index (χ0v) is 19.5. The summed E-state index contributed by atoms with van der Waals surface area (Å²) in [6.45, 7) is 5.44. The van der Waals surface area contributed by atoms with Gasteiger partial charge in [-0.25, -0.2) is 12.8 Å². The molecule has 2 heterocycles. The predicted molar refractivity (Wildman–Crippen MR) is 125 cm³/mol. The number of aromatic nitrogens is 1. The number of benzene rings is 2. The molecule has 3 aromatic rings. The van der Waals surface area contributed by atoms with E-state index in [0.29, 0.717) is 31.7 Å². The molecule has 4 rings (SSSR count). The number of sulfonamides is 1. The maximum Gasteiger partial charge on any atom is 0.245 e. The quantitative estimate of drug-likeness (QED) is 0.599. The molecule has 33 heavy (non-hydrogen) atoms.